The van der Waals surface area contributed by atoms with Crippen LogP contribution in [0.2, 0.25) is 15.1 Å². The predicted molar refractivity (Wildman–Crippen MR) is 150 cm³/mol. The van der Waals surface area contributed by atoms with E-state index in [1.165, 1.54) is 19.2 Å². The minimum Gasteiger partial charge on any atom is -0.478 e. The van der Waals surface area contributed by atoms with Crippen LogP contribution in [0.5, 0.6) is 5.75 Å². The topological polar surface area (TPSA) is 64.6 Å². The Kier molecular flexibility index (Phi) is 9.46. The Labute approximate surface area is 240 Å². The molecule has 0 aromatic heterocycles. The first-order valence-electron chi connectivity index (χ1n) is 11.8. The minimum atomic E-state index is -0.954. The summed E-state index contributed by atoms with van der Waals surface area (Å²) in [5.74, 6) is -2.13. The standard InChI is InChI=1S/C30H23Cl3FNO4/c1-38-30(37)26(15-18-5-3-2-4-6-18)35-29(36)20-9-14-27(25(34)16-20)39-28(19-7-10-21(31)11-8-19)23-13-12-22(32)17-24(23)33/h2-14,16-17,26,28H,15H2,1H3,(H,35,36)/t26-,28?/m1/s1. The molecule has 4 rings (SSSR count). The Bertz CT molecular complexity index is 1470. The highest BCUT2D eigenvalue weighted by Crippen LogP contribution is 2.35. The van der Waals surface area contributed by atoms with Crippen LogP contribution in [0.4, 0.5) is 4.39 Å². The van der Waals surface area contributed by atoms with Gasteiger partial charge in [0.25, 0.3) is 5.91 Å². The lowest BCUT2D eigenvalue weighted by atomic mass is 10.0. The molecule has 1 amide bonds. The van der Waals surface area contributed by atoms with Crippen molar-refractivity contribution in [2.45, 2.75) is 18.6 Å². The van der Waals surface area contributed by atoms with E-state index in [-0.39, 0.29) is 17.7 Å². The van der Waals surface area contributed by atoms with Gasteiger partial charge < -0.3 is 14.8 Å². The summed E-state index contributed by atoms with van der Waals surface area (Å²) in [5, 5.41) is 3.93. The van der Waals surface area contributed by atoms with Crippen molar-refractivity contribution in [3.8, 4) is 5.75 Å². The maximum atomic E-state index is 15.3. The zero-order valence-electron chi connectivity index (χ0n) is 20.7. The van der Waals surface area contributed by atoms with Gasteiger partial charge in [-0.25, -0.2) is 9.18 Å². The molecule has 0 fully saturated rings. The zero-order chi connectivity index (χ0) is 27.9. The van der Waals surface area contributed by atoms with Gasteiger partial charge in [-0.15, -0.1) is 0 Å². The molecule has 0 saturated carbocycles. The fourth-order valence-corrected chi connectivity index (χ4v) is 4.59. The number of carbonyl (C=O) groups excluding carboxylic acids is 2. The van der Waals surface area contributed by atoms with Crippen LogP contribution in [0.25, 0.3) is 0 Å². The Morgan fingerprint density at radius 1 is 0.872 bits per heavy atom. The van der Waals surface area contributed by atoms with Crippen LogP contribution < -0.4 is 10.1 Å². The molecule has 2 atom stereocenters. The Morgan fingerprint density at radius 2 is 1.56 bits per heavy atom. The van der Waals surface area contributed by atoms with Gasteiger partial charge in [-0.1, -0.05) is 83.3 Å². The van der Waals surface area contributed by atoms with Gasteiger partial charge in [-0.05, 0) is 53.6 Å². The number of benzene rings is 4. The summed E-state index contributed by atoms with van der Waals surface area (Å²) in [7, 11) is 1.24. The number of hydrogen-bond donors (Lipinski definition) is 1. The first-order valence-corrected chi connectivity index (χ1v) is 13.0. The summed E-state index contributed by atoms with van der Waals surface area (Å²) in [6.45, 7) is 0. The molecule has 1 N–H and O–H groups in total. The van der Waals surface area contributed by atoms with Crippen molar-refractivity contribution in [1.82, 2.24) is 5.32 Å². The molecule has 39 heavy (non-hydrogen) atoms. The highest BCUT2D eigenvalue weighted by Gasteiger charge is 2.25. The van der Waals surface area contributed by atoms with Crippen LogP contribution in [0.1, 0.15) is 33.2 Å². The van der Waals surface area contributed by atoms with Gasteiger partial charge in [-0.2, -0.15) is 0 Å². The van der Waals surface area contributed by atoms with Crippen LogP contribution in [-0.2, 0) is 16.0 Å². The SMILES string of the molecule is COC(=O)[C@@H](Cc1ccccc1)NC(=O)c1ccc(OC(c2ccc(Cl)cc2)c2ccc(Cl)cc2Cl)c(F)c1. The van der Waals surface area contributed by atoms with Gasteiger partial charge in [-0.3, -0.25) is 4.79 Å². The average molecular weight is 587 g/mol. The van der Waals surface area contributed by atoms with E-state index in [4.69, 9.17) is 44.3 Å². The fraction of sp³-hybridized carbons (Fsp3) is 0.133. The molecule has 200 valence electrons. The van der Waals surface area contributed by atoms with Gasteiger partial charge in [0.05, 0.1) is 7.11 Å². The van der Waals surface area contributed by atoms with E-state index in [0.717, 1.165) is 11.6 Å². The van der Waals surface area contributed by atoms with Crippen LogP contribution in [0.15, 0.2) is 91.0 Å². The van der Waals surface area contributed by atoms with Crippen molar-refractivity contribution in [3.63, 3.8) is 0 Å². The Hall–Kier alpha value is -3.58. The van der Waals surface area contributed by atoms with Crippen molar-refractivity contribution in [2.75, 3.05) is 7.11 Å². The molecule has 4 aromatic rings. The van der Waals surface area contributed by atoms with Crippen LogP contribution in [0.3, 0.4) is 0 Å². The number of amides is 1. The van der Waals surface area contributed by atoms with Crippen LogP contribution >= 0.6 is 34.8 Å². The molecular formula is C30H23Cl3FNO4. The quantitative estimate of drug-likeness (QED) is 0.207. The van der Waals surface area contributed by atoms with E-state index in [1.807, 2.05) is 30.3 Å². The second-order valence-electron chi connectivity index (χ2n) is 8.60. The van der Waals surface area contributed by atoms with Gasteiger partial charge in [0.1, 0.15) is 6.04 Å². The van der Waals surface area contributed by atoms with Crippen molar-refractivity contribution in [3.05, 3.63) is 134 Å². The number of hydrogen-bond acceptors (Lipinski definition) is 4. The summed E-state index contributed by atoms with van der Waals surface area (Å²) in [6.07, 6.45) is -0.580. The minimum absolute atomic E-state index is 0.00869. The number of halogens is 4. The maximum absolute atomic E-state index is 15.3. The number of ether oxygens (including phenoxy) is 2. The predicted octanol–water partition coefficient (Wildman–Crippen LogP) is 7.47. The van der Waals surface area contributed by atoms with Gasteiger partial charge in [0.15, 0.2) is 17.7 Å². The van der Waals surface area contributed by atoms with Gasteiger partial charge >= 0.3 is 5.97 Å². The number of carbonyl (C=O) groups is 2. The summed E-state index contributed by atoms with van der Waals surface area (Å²) < 4.78 is 26.2. The summed E-state index contributed by atoms with van der Waals surface area (Å²) in [5.41, 5.74) is 2.07. The third kappa shape index (κ3) is 7.30. The molecule has 0 saturated heterocycles. The van der Waals surface area contributed by atoms with E-state index in [2.05, 4.69) is 5.32 Å². The monoisotopic (exact) mass is 585 g/mol. The summed E-state index contributed by atoms with van der Waals surface area (Å²) in [4.78, 5) is 25.2. The molecule has 0 radical (unpaired) electrons. The van der Waals surface area contributed by atoms with E-state index in [1.54, 1.807) is 42.5 Å². The van der Waals surface area contributed by atoms with Crippen molar-refractivity contribution >= 4 is 46.7 Å². The Morgan fingerprint density at radius 3 is 2.21 bits per heavy atom. The highest BCUT2D eigenvalue weighted by molar-refractivity contribution is 6.35. The number of esters is 1. The largest absolute Gasteiger partial charge is 0.478 e. The normalized spacial score (nSPS) is 12.3. The molecule has 0 spiro atoms. The van der Waals surface area contributed by atoms with Crippen LogP contribution in [0, 0.1) is 5.82 Å². The summed E-state index contributed by atoms with van der Waals surface area (Å²) >= 11 is 18.6. The second-order valence-corrected chi connectivity index (χ2v) is 9.88. The first-order chi connectivity index (χ1) is 18.7. The van der Waals surface area contributed by atoms with E-state index < -0.39 is 29.8 Å². The third-order valence-electron chi connectivity index (χ3n) is 5.93. The molecular weight excluding hydrogens is 564 g/mol. The lowest BCUT2D eigenvalue weighted by Crippen LogP contribution is -2.43. The number of nitrogens with one attached hydrogen (secondary N) is 1. The number of methoxy groups -OCH3 is 1. The molecule has 0 aliphatic rings. The zero-order valence-corrected chi connectivity index (χ0v) is 22.9. The molecule has 0 aliphatic heterocycles. The highest BCUT2D eigenvalue weighted by atomic mass is 35.5. The lowest BCUT2D eigenvalue weighted by Gasteiger charge is -2.22. The van der Waals surface area contributed by atoms with E-state index >= 15 is 4.39 Å². The molecule has 0 aliphatic carbocycles. The van der Waals surface area contributed by atoms with Crippen molar-refractivity contribution < 1.29 is 23.5 Å². The summed E-state index contributed by atoms with van der Waals surface area (Å²) in [6, 6.07) is 23.8. The molecule has 5 nitrogen and oxygen atoms in total. The van der Waals surface area contributed by atoms with Crippen molar-refractivity contribution in [2.24, 2.45) is 0 Å². The third-order valence-corrected chi connectivity index (χ3v) is 6.74. The molecule has 9 heteroatoms. The second kappa shape index (κ2) is 13.0. The van der Waals surface area contributed by atoms with E-state index in [9.17, 15) is 9.59 Å². The molecule has 4 aromatic carbocycles. The van der Waals surface area contributed by atoms with E-state index in [0.29, 0.717) is 26.2 Å². The first kappa shape index (κ1) is 28.4. The average Bonchev–Trinajstić information content (AvgIpc) is 2.93. The maximum Gasteiger partial charge on any atom is 0.328 e. The lowest BCUT2D eigenvalue weighted by molar-refractivity contribution is -0.142. The molecule has 0 heterocycles. The number of rotatable bonds is 9. The Balaban J connectivity index is 1.57. The van der Waals surface area contributed by atoms with Gasteiger partial charge in [0, 0.05) is 32.6 Å². The fourth-order valence-electron chi connectivity index (χ4n) is 3.95. The van der Waals surface area contributed by atoms with Crippen molar-refractivity contribution in [1.29, 1.82) is 0 Å². The van der Waals surface area contributed by atoms with Gasteiger partial charge in [0.2, 0.25) is 0 Å². The molecule has 1 unspecified atom stereocenters. The van der Waals surface area contributed by atoms with Crippen LogP contribution in [-0.4, -0.2) is 25.0 Å². The smallest absolute Gasteiger partial charge is 0.328 e. The molecule has 0 bridgehead atoms.